The van der Waals surface area contributed by atoms with Crippen LogP contribution in [0.5, 0.6) is 0 Å². The van der Waals surface area contributed by atoms with Gasteiger partial charge in [0.05, 0.1) is 32.5 Å². The summed E-state index contributed by atoms with van der Waals surface area (Å²) in [6.07, 6.45) is 0.305. The molecule has 2 aliphatic heterocycles. The Morgan fingerprint density at radius 3 is 1.93 bits per heavy atom. The summed E-state index contributed by atoms with van der Waals surface area (Å²) >= 11 is 0. The van der Waals surface area contributed by atoms with Crippen molar-refractivity contribution in [1.82, 2.24) is 0 Å². The van der Waals surface area contributed by atoms with Gasteiger partial charge in [-0.1, -0.05) is 0 Å². The van der Waals surface area contributed by atoms with Crippen LogP contribution in [0.1, 0.15) is 0 Å². The predicted molar refractivity (Wildman–Crippen MR) is 53.5 cm³/mol. The van der Waals surface area contributed by atoms with Crippen LogP contribution in [0.3, 0.4) is 0 Å². The van der Waals surface area contributed by atoms with Crippen molar-refractivity contribution in [3.8, 4) is 0 Å². The second kappa shape index (κ2) is 4.72. The van der Waals surface area contributed by atoms with E-state index in [0.29, 0.717) is 17.9 Å². The molecule has 0 aliphatic carbocycles. The predicted octanol–water partition coefficient (Wildman–Crippen LogP) is 0.161. The van der Waals surface area contributed by atoms with Crippen molar-refractivity contribution >= 4 is 9.28 Å². The second-order valence-corrected chi connectivity index (χ2v) is 5.88. The summed E-state index contributed by atoms with van der Waals surface area (Å²) in [6, 6.07) is 0. The fourth-order valence-electron chi connectivity index (χ4n) is 1.77. The SMILES string of the molecule is CO[SiH](C)OC(C1COC1)C1COC1. The van der Waals surface area contributed by atoms with Crippen molar-refractivity contribution in [2.45, 2.75) is 12.7 Å². The van der Waals surface area contributed by atoms with E-state index in [9.17, 15) is 0 Å². The van der Waals surface area contributed by atoms with Crippen LogP contribution in [-0.2, 0) is 18.3 Å². The summed E-state index contributed by atoms with van der Waals surface area (Å²) in [7, 11) is 0.302. The van der Waals surface area contributed by atoms with Crippen molar-refractivity contribution in [3.05, 3.63) is 0 Å². The van der Waals surface area contributed by atoms with Gasteiger partial charge in [-0.25, -0.2) is 0 Å². The molecular formula is C9H18O4Si. The highest BCUT2D eigenvalue weighted by molar-refractivity contribution is 6.42. The van der Waals surface area contributed by atoms with Gasteiger partial charge in [0.25, 0.3) is 0 Å². The molecule has 2 saturated heterocycles. The molecule has 5 heteroatoms. The first kappa shape index (κ1) is 10.6. The fourth-order valence-corrected chi connectivity index (χ4v) is 2.77. The molecule has 2 rings (SSSR count). The Kier molecular flexibility index (Phi) is 3.56. The maximum absolute atomic E-state index is 5.96. The van der Waals surface area contributed by atoms with Crippen LogP contribution in [0.15, 0.2) is 0 Å². The lowest BCUT2D eigenvalue weighted by Crippen LogP contribution is -2.51. The first-order valence-electron chi connectivity index (χ1n) is 5.15. The van der Waals surface area contributed by atoms with Gasteiger partial charge in [0.1, 0.15) is 0 Å². The molecule has 0 N–H and O–H groups in total. The van der Waals surface area contributed by atoms with E-state index in [1.165, 1.54) is 0 Å². The fraction of sp³-hybridized carbons (Fsp3) is 1.00. The quantitative estimate of drug-likeness (QED) is 0.616. The van der Waals surface area contributed by atoms with Crippen molar-refractivity contribution in [3.63, 3.8) is 0 Å². The van der Waals surface area contributed by atoms with E-state index in [1.54, 1.807) is 7.11 Å². The van der Waals surface area contributed by atoms with Crippen LogP contribution in [0.4, 0.5) is 0 Å². The zero-order chi connectivity index (χ0) is 9.97. The minimum absolute atomic E-state index is 0.305. The molecule has 0 saturated carbocycles. The van der Waals surface area contributed by atoms with Crippen LogP contribution >= 0.6 is 0 Å². The van der Waals surface area contributed by atoms with Gasteiger partial charge in [-0.2, -0.15) is 0 Å². The zero-order valence-corrected chi connectivity index (χ0v) is 9.93. The molecule has 2 fully saturated rings. The first-order chi connectivity index (χ1) is 6.81. The smallest absolute Gasteiger partial charge is 0.318 e. The van der Waals surface area contributed by atoms with Crippen LogP contribution < -0.4 is 0 Å². The van der Waals surface area contributed by atoms with E-state index in [4.69, 9.17) is 18.3 Å². The third kappa shape index (κ3) is 2.17. The highest BCUT2D eigenvalue weighted by atomic mass is 28.3. The number of hydrogen-bond donors (Lipinski definition) is 0. The summed E-state index contributed by atoms with van der Waals surface area (Å²) in [5.41, 5.74) is 0. The summed E-state index contributed by atoms with van der Waals surface area (Å²) in [5.74, 6) is 1.13. The monoisotopic (exact) mass is 218 g/mol. The topological polar surface area (TPSA) is 36.9 Å². The van der Waals surface area contributed by atoms with Gasteiger partial charge in [-0.15, -0.1) is 0 Å². The third-order valence-electron chi connectivity index (χ3n) is 2.94. The zero-order valence-electron chi connectivity index (χ0n) is 8.77. The molecule has 4 nitrogen and oxygen atoms in total. The van der Waals surface area contributed by atoms with Crippen molar-refractivity contribution in [2.75, 3.05) is 33.5 Å². The van der Waals surface area contributed by atoms with Crippen molar-refractivity contribution in [1.29, 1.82) is 0 Å². The minimum atomic E-state index is -1.42. The highest BCUT2D eigenvalue weighted by Gasteiger charge is 2.39. The van der Waals surface area contributed by atoms with Crippen LogP contribution in [0.2, 0.25) is 6.55 Å². The molecule has 0 radical (unpaired) electrons. The standard InChI is InChI=1S/C9H18O4Si/c1-10-14(2)13-9(7-3-11-4-7)8-5-12-6-8/h7-9,14H,3-6H2,1-2H3. The number of ether oxygens (including phenoxy) is 2. The van der Waals surface area contributed by atoms with E-state index >= 15 is 0 Å². The van der Waals surface area contributed by atoms with E-state index in [0.717, 1.165) is 26.4 Å². The van der Waals surface area contributed by atoms with Gasteiger partial charge in [0.15, 0.2) is 0 Å². The van der Waals surface area contributed by atoms with Gasteiger partial charge >= 0.3 is 9.28 Å². The summed E-state index contributed by atoms with van der Waals surface area (Å²) in [5, 5.41) is 0. The Morgan fingerprint density at radius 1 is 1.14 bits per heavy atom. The Balaban J connectivity index is 1.84. The summed E-state index contributed by atoms with van der Waals surface area (Å²) in [4.78, 5) is 0. The van der Waals surface area contributed by atoms with Crippen LogP contribution in [0.25, 0.3) is 0 Å². The van der Waals surface area contributed by atoms with E-state index in [-0.39, 0.29) is 0 Å². The van der Waals surface area contributed by atoms with Gasteiger partial charge in [0.2, 0.25) is 0 Å². The lowest BCUT2D eigenvalue weighted by molar-refractivity contribution is -0.155. The molecule has 82 valence electrons. The molecule has 2 heterocycles. The Morgan fingerprint density at radius 2 is 1.64 bits per heavy atom. The molecule has 0 aromatic heterocycles. The lowest BCUT2D eigenvalue weighted by atomic mass is 9.88. The molecule has 0 aromatic carbocycles. The number of hydrogen-bond acceptors (Lipinski definition) is 4. The molecule has 0 bridgehead atoms. The third-order valence-corrected chi connectivity index (χ3v) is 4.30. The van der Waals surface area contributed by atoms with E-state index < -0.39 is 9.28 Å². The molecule has 0 spiro atoms. The minimum Gasteiger partial charge on any atom is -0.400 e. The van der Waals surface area contributed by atoms with Crippen molar-refractivity contribution < 1.29 is 18.3 Å². The Bertz CT molecular complexity index is 168. The second-order valence-electron chi connectivity index (χ2n) is 4.00. The Labute approximate surface area is 86.3 Å². The van der Waals surface area contributed by atoms with Crippen molar-refractivity contribution in [2.24, 2.45) is 11.8 Å². The molecule has 0 aromatic rings. The summed E-state index contributed by atoms with van der Waals surface area (Å²) in [6.45, 7) is 5.42. The maximum atomic E-state index is 5.96. The van der Waals surface area contributed by atoms with E-state index in [1.807, 2.05) is 0 Å². The molecule has 14 heavy (non-hydrogen) atoms. The normalized spacial score (nSPS) is 25.9. The lowest BCUT2D eigenvalue weighted by Gasteiger charge is -2.42. The van der Waals surface area contributed by atoms with E-state index in [2.05, 4.69) is 6.55 Å². The molecule has 0 amide bonds. The molecule has 1 atom stereocenters. The van der Waals surface area contributed by atoms with Gasteiger partial charge in [-0.3, -0.25) is 0 Å². The largest absolute Gasteiger partial charge is 0.400 e. The Hall–Kier alpha value is 0.0569. The molecular weight excluding hydrogens is 200 g/mol. The average molecular weight is 218 g/mol. The average Bonchev–Trinajstić information content (AvgIpc) is 1.97. The van der Waals surface area contributed by atoms with Crippen LogP contribution in [0, 0.1) is 11.8 Å². The maximum Gasteiger partial charge on any atom is 0.318 e. The first-order valence-corrected chi connectivity index (χ1v) is 7.24. The van der Waals surface area contributed by atoms with Gasteiger partial charge < -0.3 is 18.3 Å². The highest BCUT2D eigenvalue weighted by Crippen LogP contribution is 2.28. The number of rotatable bonds is 5. The van der Waals surface area contributed by atoms with Gasteiger partial charge in [-0.05, 0) is 6.55 Å². The molecule has 2 aliphatic rings. The van der Waals surface area contributed by atoms with Gasteiger partial charge in [0, 0.05) is 18.9 Å². The summed E-state index contributed by atoms with van der Waals surface area (Å²) < 4.78 is 21.6. The molecule has 1 unspecified atom stereocenters. The van der Waals surface area contributed by atoms with Crippen LogP contribution in [-0.4, -0.2) is 48.9 Å².